The fraction of sp³-hybridized carbons (Fsp3) is 0.824. The van der Waals surface area contributed by atoms with Gasteiger partial charge in [0.2, 0.25) is 0 Å². The second-order valence-electron chi connectivity index (χ2n) is 8.37. The smallest absolute Gasteiger partial charge is 0.0936 e. The zero-order chi connectivity index (χ0) is 15.0. The maximum absolute atomic E-state index is 5.00. The van der Waals surface area contributed by atoms with Crippen molar-refractivity contribution in [1.82, 2.24) is 10.3 Å². The van der Waals surface area contributed by atoms with Crippen LogP contribution in [0.1, 0.15) is 75.9 Å². The number of hydrogen-bond acceptors (Lipinski definition) is 3. The van der Waals surface area contributed by atoms with E-state index >= 15 is 0 Å². The minimum absolute atomic E-state index is 0.196. The van der Waals surface area contributed by atoms with Gasteiger partial charge in [0.15, 0.2) is 0 Å². The average Bonchev–Trinajstić information content (AvgIpc) is 2.64. The summed E-state index contributed by atoms with van der Waals surface area (Å²) >= 11 is 1.96. The summed E-state index contributed by atoms with van der Waals surface area (Å²) in [5.41, 5.74) is 1.93. The Morgan fingerprint density at radius 3 is 2.50 bits per heavy atom. The third-order valence-electron chi connectivity index (χ3n) is 3.68. The van der Waals surface area contributed by atoms with Crippen molar-refractivity contribution in [2.75, 3.05) is 6.54 Å². The summed E-state index contributed by atoms with van der Waals surface area (Å²) in [7, 11) is 0. The second-order valence-corrected chi connectivity index (χ2v) is 9.54. The van der Waals surface area contributed by atoms with Gasteiger partial charge in [-0.3, -0.25) is 0 Å². The van der Waals surface area contributed by atoms with Crippen LogP contribution in [0.2, 0.25) is 0 Å². The van der Waals surface area contributed by atoms with Crippen LogP contribution in [0, 0.1) is 5.41 Å². The average molecular weight is 295 g/mol. The highest BCUT2D eigenvalue weighted by Crippen LogP contribution is 2.36. The maximum atomic E-state index is 5.00. The minimum Gasteiger partial charge on any atom is -0.311 e. The lowest BCUT2D eigenvalue weighted by atomic mass is 9.90. The van der Waals surface area contributed by atoms with Crippen LogP contribution < -0.4 is 5.32 Å². The monoisotopic (exact) mass is 294 g/mol. The Hall–Kier alpha value is -0.410. The molecule has 0 saturated carbocycles. The molecule has 20 heavy (non-hydrogen) atoms. The van der Waals surface area contributed by atoms with E-state index in [1.807, 2.05) is 11.3 Å². The van der Waals surface area contributed by atoms with Crippen LogP contribution in [0.5, 0.6) is 0 Å². The quantitative estimate of drug-likeness (QED) is 0.885. The van der Waals surface area contributed by atoms with Gasteiger partial charge in [0.25, 0.3) is 0 Å². The Balaban J connectivity index is 2.10. The summed E-state index contributed by atoms with van der Waals surface area (Å²) in [5.74, 6) is 0.614. The number of nitrogens with one attached hydrogen (secondary N) is 1. The first-order valence-corrected chi connectivity index (χ1v) is 8.69. The van der Waals surface area contributed by atoms with Crippen molar-refractivity contribution < 1.29 is 0 Å². The molecular weight excluding hydrogens is 264 g/mol. The molecule has 1 atom stereocenters. The molecule has 2 nitrogen and oxygen atoms in total. The van der Waals surface area contributed by atoms with E-state index in [1.165, 1.54) is 30.0 Å². The van der Waals surface area contributed by atoms with Gasteiger partial charge in [-0.2, -0.15) is 0 Å². The largest absolute Gasteiger partial charge is 0.311 e. The predicted octanol–water partition coefficient (Wildman–Crippen LogP) is 4.54. The summed E-state index contributed by atoms with van der Waals surface area (Å²) < 4.78 is 0. The van der Waals surface area contributed by atoms with Crippen molar-refractivity contribution in [2.24, 2.45) is 5.41 Å². The molecule has 1 aliphatic carbocycles. The zero-order valence-corrected chi connectivity index (χ0v) is 14.8. The molecule has 1 N–H and O–H groups in total. The Morgan fingerprint density at radius 1 is 1.20 bits per heavy atom. The number of nitrogens with zero attached hydrogens (tertiary/aromatic N) is 1. The summed E-state index contributed by atoms with van der Waals surface area (Å²) in [6, 6.07) is 0. The number of thiazole rings is 1. The van der Waals surface area contributed by atoms with Gasteiger partial charge in [-0.1, -0.05) is 20.8 Å². The molecule has 0 bridgehead atoms. The summed E-state index contributed by atoms with van der Waals surface area (Å²) in [6.07, 6.45) is 4.95. The third kappa shape index (κ3) is 4.56. The first-order chi connectivity index (χ1) is 9.14. The number of rotatable bonds is 3. The van der Waals surface area contributed by atoms with Crippen molar-refractivity contribution in [3.05, 3.63) is 15.6 Å². The number of fused-ring (bicyclic) bond motifs is 1. The van der Waals surface area contributed by atoms with E-state index in [2.05, 4.69) is 46.9 Å². The summed E-state index contributed by atoms with van der Waals surface area (Å²) in [5, 5.41) is 4.99. The molecule has 0 fully saturated rings. The van der Waals surface area contributed by atoms with Crippen molar-refractivity contribution in [3.63, 3.8) is 0 Å². The molecule has 1 heterocycles. The van der Waals surface area contributed by atoms with Gasteiger partial charge in [0.1, 0.15) is 0 Å². The summed E-state index contributed by atoms with van der Waals surface area (Å²) in [4.78, 5) is 6.55. The molecule has 1 aromatic rings. The van der Waals surface area contributed by atoms with E-state index < -0.39 is 0 Å². The first kappa shape index (κ1) is 16.0. The fourth-order valence-corrected chi connectivity index (χ4v) is 4.21. The van der Waals surface area contributed by atoms with Crippen LogP contribution in [0.25, 0.3) is 0 Å². The number of aryl methyl sites for hydroxylation is 1. The zero-order valence-electron chi connectivity index (χ0n) is 14.0. The van der Waals surface area contributed by atoms with Gasteiger partial charge in [0, 0.05) is 29.3 Å². The van der Waals surface area contributed by atoms with Gasteiger partial charge in [0.05, 0.1) is 10.7 Å². The Kier molecular flexibility index (Phi) is 4.60. The molecule has 1 aromatic heterocycles. The maximum Gasteiger partial charge on any atom is 0.0936 e. The highest BCUT2D eigenvalue weighted by Gasteiger charge is 2.26. The molecule has 0 amide bonds. The predicted molar refractivity (Wildman–Crippen MR) is 88.7 cm³/mol. The van der Waals surface area contributed by atoms with E-state index in [0.717, 1.165) is 13.0 Å². The lowest BCUT2D eigenvalue weighted by molar-refractivity contribution is 0.386. The molecule has 114 valence electrons. The van der Waals surface area contributed by atoms with Crippen LogP contribution >= 0.6 is 11.3 Å². The van der Waals surface area contributed by atoms with Crippen LogP contribution in [0.15, 0.2) is 0 Å². The van der Waals surface area contributed by atoms with Crippen molar-refractivity contribution >= 4 is 11.3 Å². The van der Waals surface area contributed by atoms with Crippen molar-refractivity contribution in [1.29, 1.82) is 0 Å². The molecule has 3 heteroatoms. The lowest BCUT2D eigenvalue weighted by Gasteiger charge is -2.27. The Morgan fingerprint density at radius 2 is 1.90 bits per heavy atom. The molecule has 0 aliphatic heterocycles. The van der Waals surface area contributed by atoms with Gasteiger partial charge >= 0.3 is 0 Å². The number of hydrogen-bond donors (Lipinski definition) is 1. The van der Waals surface area contributed by atoms with E-state index in [-0.39, 0.29) is 5.54 Å². The molecule has 0 saturated heterocycles. The Bertz CT molecular complexity index is 449. The van der Waals surface area contributed by atoms with Crippen LogP contribution in [0.4, 0.5) is 0 Å². The molecule has 0 spiro atoms. The Labute approximate surface area is 128 Å². The molecule has 1 unspecified atom stereocenters. The number of aromatic nitrogens is 1. The standard InChI is InChI=1S/C17H30N2S/c1-16(2,3)10-14-19-15-12(11-18-17(4,5)6)8-7-9-13(15)20-14/h12,18H,7-11H2,1-6H3. The van der Waals surface area contributed by atoms with E-state index in [1.54, 1.807) is 4.88 Å². The highest BCUT2D eigenvalue weighted by molar-refractivity contribution is 7.11. The van der Waals surface area contributed by atoms with E-state index in [0.29, 0.717) is 11.3 Å². The second kappa shape index (κ2) is 5.76. The minimum atomic E-state index is 0.196. The summed E-state index contributed by atoms with van der Waals surface area (Å²) in [6.45, 7) is 14.7. The first-order valence-electron chi connectivity index (χ1n) is 7.87. The van der Waals surface area contributed by atoms with E-state index in [4.69, 9.17) is 4.98 Å². The van der Waals surface area contributed by atoms with E-state index in [9.17, 15) is 0 Å². The SMILES string of the molecule is CC(C)(C)Cc1nc2c(s1)CCCC2CNC(C)(C)C. The van der Waals surface area contributed by atoms with Gasteiger partial charge in [-0.25, -0.2) is 4.98 Å². The van der Waals surface area contributed by atoms with Crippen molar-refractivity contribution in [2.45, 2.75) is 78.7 Å². The van der Waals surface area contributed by atoms with Crippen LogP contribution in [-0.4, -0.2) is 17.1 Å². The molecular formula is C17H30N2S. The molecule has 0 aromatic carbocycles. The van der Waals surface area contributed by atoms with Gasteiger partial charge in [-0.15, -0.1) is 11.3 Å². The van der Waals surface area contributed by atoms with Crippen molar-refractivity contribution in [3.8, 4) is 0 Å². The molecule has 2 rings (SSSR count). The molecule has 0 radical (unpaired) electrons. The normalized spacial score (nSPS) is 20.0. The van der Waals surface area contributed by atoms with Gasteiger partial charge in [-0.05, 0) is 45.4 Å². The van der Waals surface area contributed by atoms with Gasteiger partial charge < -0.3 is 5.32 Å². The van der Waals surface area contributed by atoms with Crippen LogP contribution in [-0.2, 0) is 12.8 Å². The third-order valence-corrected chi connectivity index (χ3v) is 4.81. The highest BCUT2D eigenvalue weighted by atomic mass is 32.1. The van der Waals surface area contributed by atoms with Crippen LogP contribution in [0.3, 0.4) is 0 Å². The topological polar surface area (TPSA) is 24.9 Å². The fourth-order valence-electron chi connectivity index (χ4n) is 2.72. The molecule has 1 aliphatic rings. The lowest BCUT2D eigenvalue weighted by Crippen LogP contribution is -2.39.